The summed E-state index contributed by atoms with van der Waals surface area (Å²) in [6.07, 6.45) is 5.26. The second-order valence-corrected chi connectivity index (χ2v) is 10.3. The van der Waals surface area contributed by atoms with Crippen LogP contribution in [-0.4, -0.2) is 49.0 Å². The average molecular weight is 515 g/mol. The number of nitrogens with one attached hydrogen (secondary N) is 2. The first kappa shape index (κ1) is 24.2. The van der Waals surface area contributed by atoms with Gasteiger partial charge >= 0.3 is 0 Å². The van der Waals surface area contributed by atoms with Crippen molar-refractivity contribution in [3.05, 3.63) is 89.4 Å². The lowest BCUT2D eigenvalue weighted by Crippen LogP contribution is -2.56. The van der Waals surface area contributed by atoms with Gasteiger partial charge in [0.25, 0.3) is 5.91 Å². The summed E-state index contributed by atoms with van der Waals surface area (Å²) in [7, 11) is 0. The van der Waals surface area contributed by atoms with Crippen molar-refractivity contribution in [3.63, 3.8) is 0 Å². The van der Waals surface area contributed by atoms with Crippen LogP contribution >= 0.6 is 0 Å². The van der Waals surface area contributed by atoms with E-state index in [1.807, 2.05) is 53.6 Å². The zero-order valence-corrected chi connectivity index (χ0v) is 21.3. The van der Waals surface area contributed by atoms with Crippen molar-refractivity contribution >= 4 is 22.5 Å². The molecule has 3 aromatic heterocycles. The van der Waals surface area contributed by atoms with Crippen LogP contribution in [0.15, 0.2) is 60.9 Å². The van der Waals surface area contributed by atoms with Crippen molar-refractivity contribution in [1.82, 2.24) is 29.8 Å². The van der Waals surface area contributed by atoms with Gasteiger partial charge in [0.15, 0.2) is 0 Å². The summed E-state index contributed by atoms with van der Waals surface area (Å²) in [5.41, 5.74) is 4.48. The number of H-pyrrole nitrogens is 1. The van der Waals surface area contributed by atoms with Crippen LogP contribution in [0.4, 0.5) is 8.78 Å². The number of amides is 1. The van der Waals surface area contributed by atoms with Gasteiger partial charge < -0.3 is 9.72 Å². The van der Waals surface area contributed by atoms with E-state index in [4.69, 9.17) is 0 Å². The Kier molecular flexibility index (Phi) is 5.95. The minimum atomic E-state index is -0.548. The van der Waals surface area contributed by atoms with Gasteiger partial charge in [0.2, 0.25) is 0 Å². The Morgan fingerprint density at radius 3 is 2.79 bits per heavy atom. The Labute approximate surface area is 218 Å². The number of carbonyl (C=O) groups is 1. The number of pyridine rings is 1. The second-order valence-electron chi connectivity index (χ2n) is 10.3. The fraction of sp³-hybridized carbons (Fsp3) is 0.276. The number of piperidine rings is 1. The van der Waals surface area contributed by atoms with Gasteiger partial charge in [-0.25, -0.2) is 13.8 Å². The third-order valence-electron chi connectivity index (χ3n) is 7.53. The van der Waals surface area contributed by atoms with Crippen LogP contribution in [-0.2, 0) is 6.54 Å². The van der Waals surface area contributed by atoms with Crippen LogP contribution in [0, 0.1) is 18.6 Å². The summed E-state index contributed by atoms with van der Waals surface area (Å²) in [6, 6.07) is 13.4. The van der Waals surface area contributed by atoms with Gasteiger partial charge in [-0.2, -0.15) is 5.10 Å². The average Bonchev–Trinajstić information content (AvgIpc) is 3.54. The first-order valence-corrected chi connectivity index (χ1v) is 12.7. The van der Waals surface area contributed by atoms with Crippen LogP contribution < -0.4 is 5.32 Å². The maximum absolute atomic E-state index is 14.2. The van der Waals surface area contributed by atoms with Gasteiger partial charge in [0.05, 0.1) is 11.1 Å². The number of benzene rings is 2. The number of aryl methyl sites for hydroxylation is 1. The lowest BCUT2D eigenvalue weighted by molar-refractivity contribution is 0.0795. The molecule has 4 heterocycles. The van der Waals surface area contributed by atoms with Crippen molar-refractivity contribution in [2.45, 2.75) is 38.8 Å². The van der Waals surface area contributed by atoms with E-state index in [2.05, 4.69) is 20.5 Å². The van der Waals surface area contributed by atoms with Crippen LogP contribution in [0.2, 0.25) is 0 Å². The number of hydrogen-bond acceptors (Lipinski definition) is 4. The Morgan fingerprint density at radius 1 is 1.16 bits per heavy atom. The number of aromatic amines is 1. The first-order valence-electron chi connectivity index (χ1n) is 12.7. The van der Waals surface area contributed by atoms with E-state index in [1.54, 1.807) is 12.3 Å². The number of nitrogens with zero attached hydrogens (tertiary/aromatic N) is 4. The molecular weight excluding hydrogens is 486 g/mol. The molecule has 1 unspecified atom stereocenters. The monoisotopic (exact) mass is 514 g/mol. The molecule has 0 aliphatic carbocycles. The highest BCUT2D eigenvalue weighted by molar-refractivity contribution is 6.02. The summed E-state index contributed by atoms with van der Waals surface area (Å²) in [5.74, 6) is -1.29. The van der Waals surface area contributed by atoms with Gasteiger partial charge in [-0.1, -0.05) is 6.07 Å². The first-order chi connectivity index (χ1) is 18.3. The minimum Gasteiger partial charge on any atom is -0.346 e. The number of rotatable bonds is 5. The molecule has 2 aromatic carbocycles. The van der Waals surface area contributed by atoms with Crippen molar-refractivity contribution < 1.29 is 13.6 Å². The summed E-state index contributed by atoms with van der Waals surface area (Å²) < 4.78 is 30.5. The molecule has 1 fully saturated rings. The molecule has 0 radical (unpaired) electrons. The van der Waals surface area contributed by atoms with Gasteiger partial charge in [0, 0.05) is 53.3 Å². The molecule has 0 saturated carbocycles. The fourth-order valence-electron chi connectivity index (χ4n) is 5.58. The fourth-order valence-corrected chi connectivity index (χ4v) is 5.58. The standard InChI is InChI=1S/C29H28F2N6O/c1-18-20(8-10-26-32-12-14-37(18)26)27-21-15-19(7-9-25(21)34-35-27)28(38)33-29(2)11-4-13-36(17-29)16-22-23(30)5-3-6-24(22)31/h3,5-10,12,14-15H,4,11,13,16-17H2,1-2H3,(H,33,38)(H,34,35). The molecule has 2 N–H and O–H groups in total. The number of carbonyl (C=O) groups excluding carboxylic acids is 1. The predicted octanol–water partition coefficient (Wildman–Crippen LogP) is 5.25. The molecule has 38 heavy (non-hydrogen) atoms. The van der Waals surface area contributed by atoms with Gasteiger partial charge in [-0.15, -0.1) is 0 Å². The van der Waals surface area contributed by atoms with E-state index >= 15 is 0 Å². The number of aromatic nitrogens is 4. The molecule has 7 nitrogen and oxygen atoms in total. The SMILES string of the molecule is Cc1c(-c2n[nH]c3ccc(C(=O)NC4(C)CCCN(Cc5c(F)cccc5F)C4)cc23)ccc2nccn12. The Bertz CT molecular complexity index is 1650. The number of imidazole rings is 1. The summed E-state index contributed by atoms with van der Waals surface area (Å²) in [5, 5.41) is 11.7. The molecule has 1 atom stereocenters. The lowest BCUT2D eigenvalue weighted by Gasteiger charge is -2.41. The Hall–Kier alpha value is -4.11. The largest absolute Gasteiger partial charge is 0.346 e. The van der Waals surface area contributed by atoms with Crippen molar-refractivity contribution in [3.8, 4) is 11.3 Å². The maximum atomic E-state index is 14.2. The van der Waals surface area contributed by atoms with Gasteiger partial charge in [-0.05, 0) is 75.7 Å². The zero-order chi connectivity index (χ0) is 26.4. The molecule has 1 aliphatic heterocycles. The molecule has 6 rings (SSSR count). The van der Waals surface area contributed by atoms with Crippen molar-refractivity contribution in [2.24, 2.45) is 0 Å². The number of fused-ring (bicyclic) bond motifs is 2. The minimum absolute atomic E-state index is 0.0604. The summed E-state index contributed by atoms with van der Waals surface area (Å²) in [6.45, 7) is 5.37. The predicted molar refractivity (Wildman–Crippen MR) is 142 cm³/mol. The van der Waals surface area contributed by atoms with E-state index in [-0.39, 0.29) is 18.0 Å². The molecule has 1 amide bonds. The smallest absolute Gasteiger partial charge is 0.251 e. The van der Waals surface area contributed by atoms with E-state index in [1.165, 1.54) is 18.2 Å². The van der Waals surface area contributed by atoms with E-state index < -0.39 is 17.2 Å². The Balaban J connectivity index is 1.24. The van der Waals surface area contributed by atoms with Crippen LogP contribution in [0.25, 0.3) is 27.8 Å². The molecule has 9 heteroatoms. The van der Waals surface area contributed by atoms with Crippen LogP contribution in [0.3, 0.4) is 0 Å². The summed E-state index contributed by atoms with van der Waals surface area (Å²) in [4.78, 5) is 19.8. The molecule has 194 valence electrons. The number of likely N-dealkylation sites (tertiary alicyclic amines) is 1. The molecule has 1 saturated heterocycles. The topological polar surface area (TPSA) is 78.3 Å². The molecule has 1 aliphatic rings. The van der Waals surface area contributed by atoms with Crippen molar-refractivity contribution in [2.75, 3.05) is 13.1 Å². The Morgan fingerprint density at radius 2 is 1.97 bits per heavy atom. The number of hydrogen-bond donors (Lipinski definition) is 2. The lowest BCUT2D eigenvalue weighted by atomic mass is 9.90. The van der Waals surface area contributed by atoms with Crippen LogP contribution in [0.1, 0.15) is 41.4 Å². The quantitative estimate of drug-likeness (QED) is 0.336. The second kappa shape index (κ2) is 9.33. The van der Waals surface area contributed by atoms with E-state index in [0.717, 1.165) is 46.3 Å². The van der Waals surface area contributed by atoms with Gasteiger partial charge in [0.1, 0.15) is 23.0 Å². The molecule has 0 spiro atoms. The van der Waals surface area contributed by atoms with Crippen LogP contribution in [0.5, 0.6) is 0 Å². The third-order valence-corrected chi connectivity index (χ3v) is 7.53. The molecular formula is C29H28F2N6O. The maximum Gasteiger partial charge on any atom is 0.251 e. The highest BCUT2D eigenvalue weighted by Crippen LogP contribution is 2.31. The normalized spacial score (nSPS) is 18.3. The molecule has 5 aromatic rings. The van der Waals surface area contributed by atoms with E-state index in [9.17, 15) is 13.6 Å². The third kappa shape index (κ3) is 4.32. The summed E-state index contributed by atoms with van der Waals surface area (Å²) >= 11 is 0. The van der Waals surface area contributed by atoms with Gasteiger partial charge in [-0.3, -0.25) is 14.8 Å². The number of halogens is 2. The van der Waals surface area contributed by atoms with E-state index in [0.29, 0.717) is 18.7 Å². The zero-order valence-electron chi connectivity index (χ0n) is 21.3. The van der Waals surface area contributed by atoms with Crippen molar-refractivity contribution in [1.29, 1.82) is 0 Å². The highest BCUT2D eigenvalue weighted by Gasteiger charge is 2.33. The highest BCUT2D eigenvalue weighted by atomic mass is 19.1. The molecule has 0 bridgehead atoms.